The highest BCUT2D eigenvalue weighted by molar-refractivity contribution is 5.80. The van der Waals surface area contributed by atoms with E-state index in [9.17, 15) is 10.1 Å². The van der Waals surface area contributed by atoms with Crippen LogP contribution in [0.1, 0.15) is 18.4 Å². The van der Waals surface area contributed by atoms with Crippen LogP contribution in [0.4, 0.5) is 5.69 Å². The number of likely N-dealkylation sites (tertiary alicyclic amines) is 1. The monoisotopic (exact) mass is 294 g/mol. The SMILES string of the molecule is O=[N+]([O-])c1cccc(-c2ccccc2)c1C=CN1CCCC1. The molecule has 0 bridgehead atoms. The summed E-state index contributed by atoms with van der Waals surface area (Å²) in [5, 5.41) is 11.4. The van der Waals surface area contributed by atoms with E-state index < -0.39 is 0 Å². The molecule has 0 aromatic heterocycles. The lowest BCUT2D eigenvalue weighted by molar-refractivity contribution is -0.385. The molecule has 0 amide bonds. The van der Waals surface area contributed by atoms with E-state index >= 15 is 0 Å². The van der Waals surface area contributed by atoms with Gasteiger partial charge in [0.05, 0.1) is 10.5 Å². The molecule has 1 aliphatic heterocycles. The van der Waals surface area contributed by atoms with Crippen LogP contribution >= 0.6 is 0 Å². The molecule has 1 heterocycles. The molecule has 22 heavy (non-hydrogen) atoms. The van der Waals surface area contributed by atoms with E-state index in [1.165, 1.54) is 12.8 Å². The molecule has 0 unspecified atom stereocenters. The fourth-order valence-corrected chi connectivity index (χ4v) is 2.83. The van der Waals surface area contributed by atoms with E-state index in [2.05, 4.69) is 4.90 Å². The van der Waals surface area contributed by atoms with Crippen LogP contribution in [-0.4, -0.2) is 22.9 Å². The van der Waals surface area contributed by atoms with Crippen molar-refractivity contribution in [1.82, 2.24) is 4.90 Å². The Balaban J connectivity index is 2.05. The minimum absolute atomic E-state index is 0.150. The number of hydrogen-bond acceptors (Lipinski definition) is 3. The largest absolute Gasteiger partial charge is 0.377 e. The molecule has 0 spiro atoms. The van der Waals surface area contributed by atoms with Crippen LogP contribution in [0.3, 0.4) is 0 Å². The number of benzene rings is 2. The Morgan fingerprint density at radius 1 is 1.00 bits per heavy atom. The molecule has 1 aliphatic rings. The maximum atomic E-state index is 11.4. The summed E-state index contributed by atoms with van der Waals surface area (Å²) in [7, 11) is 0. The minimum Gasteiger partial charge on any atom is -0.377 e. The van der Waals surface area contributed by atoms with Crippen molar-refractivity contribution < 1.29 is 4.92 Å². The molecule has 0 saturated carbocycles. The topological polar surface area (TPSA) is 46.4 Å². The first kappa shape index (κ1) is 14.3. The van der Waals surface area contributed by atoms with Crippen LogP contribution in [-0.2, 0) is 0 Å². The van der Waals surface area contributed by atoms with Gasteiger partial charge in [0.1, 0.15) is 0 Å². The molecule has 2 aromatic carbocycles. The van der Waals surface area contributed by atoms with Gasteiger partial charge in [-0.05, 0) is 36.2 Å². The summed E-state index contributed by atoms with van der Waals surface area (Å²) in [4.78, 5) is 13.3. The second-order valence-electron chi connectivity index (χ2n) is 5.42. The van der Waals surface area contributed by atoms with Crippen LogP contribution in [0.15, 0.2) is 54.7 Å². The lowest BCUT2D eigenvalue weighted by Crippen LogP contribution is -2.10. The van der Waals surface area contributed by atoms with Gasteiger partial charge in [-0.3, -0.25) is 10.1 Å². The third-order valence-corrected chi connectivity index (χ3v) is 3.96. The fourth-order valence-electron chi connectivity index (χ4n) is 2.83. The molecule has 0 N–H and O–H groups in total. The normalized spacial score (nSPS) is 14.6. The summed E-state index contributed by atoms with van der Waals surface area (Å²) < 4.78 is 0. The summed E-state index contributed by atoms with van der Waals surface area (Å²) in [6.45, 7) is 2.05. The zero-order chi connectivity index (χ0) is 15.4. The van der Waals surface area contributed by atoms with Crippen molar-refractivity contribution in [2.24, 2.45) is 0 Å². The summed E-state index contributed by atoms with van der Waals surface area (Å²) in [5.41, 5.74) is 2.71. The predicted molar refractivity (Wildman–Crippen MR) is 88.4 cm³/mol. The van der Waals surface area contributed by atoms with Gasteiger partial charge in [-0.25, -0.2) is 0 Å². The second kappa shape index (κ2) is 6.43. The van der Waals surface area contributed by atoms with Crippen LogP contribution in [0.2, 0.25) is 0 Å². The average molecular weight is 294 g/mol. The highest BCUT2D eigenvalue weighted by atomic mass is 16.6. The van der Waals surface area contributed by atoms with Gasteiger partial charge in [0.15, 0.2) is 0 Å². The molecular weight excluding hydrogens is 276 g/mol. The van der Waals surface area contributed by atoms with Crippen molar-refractivity contribution >= 4 is 11.8 Å². The van der Waals surface area contributed by atoms with Gasteiger partial charge in [0.25, 0.3) is 5.69 Å². The van der Waals surface area contributed by atoms with Crippen molar-refractivity contribution in [2.75, 3.05) is 13.1 Å². The first-order valence-electron chi connectivity index (χ1n) is 7.51. The molecule has 2 aromatic rings. The quantitative estimate of drug-likeness (QED) is 0.623. The number of hydrogen-bond donors (Lipinski definition) is 0. The number of nitrogens with zero attached hydrogens (tertiary/aromatic N) is 2. The molecule has 4 nitrogen and oxygen atoms in total. The Hall–Kier alpha value is -2.62. The summed E-state index contributed by atoms with van der Waals surface area (Å²) in [5.74, 6) is 0. The van der Waals surface area contributed by atoms with E-state index in [1.54, 1.807) is 12.1 Å². The molecular formula is C18H18N2O2. The maximum Gasteiger partial charge on any atom is 0.277 e. The summed E-state index contributed by atoms with van der Waals surface area (Å²) in [6.07, 6.45) is 6.24. The van der Waals surface area contributed by atoms with Crippen molar-refractivity contribution in [3.8, 4) is 11.1 Å². The van der Waals surface area contributed by atoms with Gasteiger partial charge >= 0.3 is 0 Å². The van der Waals surface area contributed by atoms with Gasteiger partial charge in [0.2, 0.25) is 0 Å². The molecule has 4 heteroatoms. The smallest absolute Gasteiger partial charge is 0.277 e. The van der Waals surface area contributed by atoms with E-state index in [0.29, 0.717) is 5.56 Å². The lowest BCUT2D eigenvalue weighted by Gasteiger charge is -2.12. The Bertz CT molecular complexity index is 689. The van der Waals surface area contributed by atoms with Crippen LogP contribution in [0, 0.1) is 10.1 Å². The third kappa shape index (κ3) is 3.01. The van der Waals surface area contributed by atoms with Crippen LogP contribution in [0.25, 0.3) is 17.2 Å². The predicted octanol–water partition coefficient (Wildman–Crippen LogP) is 4.33. The van der Waals surface area contributed by atoms with Crippen LogP contribution < -0.4 is 0 Å². The van der Waals surface area contributed by atoms with Crippen molar-refractivity contribution in [1.29, 1.82) is 0 Å². The zero-order valence-electron chi connectivity index (χ0n) is 12.3. The van der Waals surface area contributed by atoms with Gasteiger partial charge in [-0.1, -0.05) is 42.5 Å². The summed E-state index contributed by atoms with van der Waals surface area (Å²) >= 11 is 0. The standard InChI is InChI=1S/C18H18N2O2/c21-20(22)18-10-6-9-16(15-7-2-1-3-8-15)17(18)11-14-19-12-4-5-13-19/h1-3,6-11,14H,4-5,12-13H2. The van der Waals surface area contributed by atoms with E-state index in [4.69, 9.17) is 0 Å². The van der Waals surface area contributed by atoms with Crippen LogP contribution in [0.5, 0.6) is 0 Å². The van der Waals surface area contributed by atoms with E-state index in [-0.39, 0.29) is 10.6 Å². The first-order valence-corrected chi connectivity index (χ1v) is 7.51. The first-order chi connectivity index (χ1) is 10.8. The highest BCUT2D eigenvalue weighted by Crippen LogP contribution is 2.32. The Labute approximate surface area is 129 Å². The molecule has 3 rings (SSSR count). The second-order valence-corrected chi connectivity index (χ2v) is 5.42. The molecule has 1 fully saturated rings. The molecule has 0 atom stereocenters. The highest BCUT2D eigenvalue weighted by Gasteiger charge is 2.16. The van der Waals surface area contributed by atoms with Gasteiger partial charge in [0, 0.05) is 19.2 Å². The fraction of sp³-hybridized carbons (Fsp3) is 0.222. The molecule has 0 radical (unpaired) electrons. The number of nitro groups is 1. The van der Waals surface area contributed by atoms with Gasteiger partial charge < -0.3 is 4.90 Å². The maximum absolute atomic E-state index is 11.4. The average Bonchev–Trinajstić information content (AvgIpc) is 3.06. The third-order valence-electron chi connectivity index (χ3n) is 3.96. The summed E-state index contributed by atoms with van der Waals surface area (Å²) in [6, 6.07) is 15.0. The van der Waals surface area contributed by atoms with Crippen molar-refractivity contribution in [2.45, 2.75) is 12.8 Å². The van der Waals surface area contributed by atoms with Gasteiger partial charge in [-0.15, -0.1) is 0 Å². The van der Waals surface area contributed by atoms with Crippen molar-refractivity contribution in [3.63, 3.8) is 0 Å². The molecule has 1 saturated heterocycles. The van der Waals surface area contributed by atoms with Gasteiger partial charge in [-0.2, -0.15) is 0 Å². The number of nitro benzene ring substituents is 1. The number of rotatable bonds is 4. The van der Waals surface area contributed by atoms with E-state index in [0.717, 1.165) is 24.2 Å². The molecule has 112 valence electrons. The van der Waals surface area contributed by atoms with E-state index in [1.807, 2.05) is 48.7 Å². The zero-order valence-corrected chi connectivity index (χ0v) is 12.3. The molecule has 0 aliphatic carbocycles. The van der Waals surface area contributed by atoms with Crippen molar-refractivity contribution in [3.05, 3.63) is 70.4 Å². The Morgan fingerprint density at radius 3 is 2.41 bits per heavy atom. The lowest BCUT2D eigenvalue weighted by atomic mass is 9.98. The Morgan fingerprint density at radius 2 is 1.73 bits per heavy atom. The minimum atomic E-state index is -0.309. The Kier molecular flexibility index (Phi) is 4.19.